The van der Waals surface area contributed by atoms with Crippen LogP contribution >= 0.6 is 0 Å². The molecule has 0 radical (unpaired) electrons. The molecule has 19 heavy (non-hydrogen) atoms. The maximum Gasteiger partial charge on any atom is 0.310 e. The molecular formula is C13H23NO5. The summed E-state index contributed by atoms with van der Waals surface area (Å²) in [5, 5.41) is 0. The first-order valence-corrected chi connectivity index (χ1v) is 6.57. The highest BCUT2D eigenvalue weighted by Gasteiger charge is 2.30. The summed E-state index contributed by atoms with van der Waals surface area (Å²) in [6.45, 7) is 3.59. The van der Waals surface area contributed by atoms with Crippen molar-refractivity contribution in [2.45, 2.75) is 25.9 Å². The average molecular weight is 273 g/mol. The second-order valence-corrected chi connectivity index (χ2v) is 4.70. The second kappa shape index (κ2) is 8.12. The molecule has 1 fully saturated rings. The Bertz CT molecular complexity index is 301. The van der Waals surface area contributed by atoms with Gasteiger partial charge in [0.2, 0.25) is 0 Å². The van der Waals surface area contributed by atoms with Crippen LogP contribution in [0, 0.1) is 5.92 Å². The molecule has 2 unspecified atom stereocenters. The number of carbonyl (C=O) groups excluding carboxylic acids is 2. The van der Waals surface area contributed by atoms with Crippen LogP contribution in [0.4, 0.5) is 0 Å². The summed E-state index contributed by atoms with van der Waals surface area (Å²) in [6, 6.07) is 0. The standard InChI is InChI=1S/C13H23NO5/c1-10(13(16)18-3)9-14(6-8-17-2)12(15)11-5-4-7-19-11/h10-11H,4-9H2,1-3H3. The van der Waals surface area contributed by atoms with Gasteiger partial charge in [0.15, 0.2) is 0 Å². The Labute approximate surface area is 114 Å². The largest absolute Gasteiger partial charge is 0.469 e. The number of ether oxygens (including phenoxy) is 3. The molecule has 6 heteroatoms. The Morgan fingerprint density at radius 2 is 2.16 bits per heavy atom. The molecule has 0 aromatic heterocycles. The number of esters is 1. The van der Waals surface area contributed by atoms with E-state index in [2.05, 4.69) is 4.74 Å². The average Bonchev–Trinajstić information content (AvgIpc) is 2.95. The van der Waals surface area contributed by atoms with Gasteiger partial charge in [0.1, 0.15) is 6.10 Å². The maximum absolute atomic E-state index is 12.3. The van der Waals surface area contributed by atoms with Crippen molar-refractivity contribution in [2.24, 2.45) is 5.92 Å². The Morgan fingerprint density at radius 3 is 2.68 bits per heavy atom. The zero-order valence-corrected chi connectivity index (χ0v) is 11.9. The van der Waals surface area contributed by atoms with Gasteiger partial charge in [-0.25, -0.2) is 0 Å². The number of hydrogen-bond acceptors (Lipinski definition) is 5. The van der Waals surface area contributed by atoms with Crippen LogP contribution in [0.2, 0.25) is 0 Å². The van der Waals surface area contributed by atoms with E-state index >= 15 is 0 Å². The first kappa shape index (κ1) is 15.9. The van der Waals surface area contributed by atoms with Gasteiger partial charge in [-0.3, -0.25) is 9.59 Å². The van der Waals surface area contributed by atoms with Gasteiger partial charge in [-0.05, 0) is 12.8 Å². The molecule has 0 saturated carbocycles. The third-order valence-corrected chi connectivity index (χ3v) is 3.18. The molecule has 0 aromatic rings. The fourth-order valence-corrected chi connectivity index (χ4v) is 2.08. The fourth-order valence-electron chi connectivity index (χ4n) is 2.08. The number of amides is 1. The van der Waals surface area contributed by atoms with Crippen molar-refractivity contribution in [3.8, 4) is 0 Å². The van der Waals surface area contributed by atoms with E-state index in [0.717, 1.165) is 12.8 Å². The molecule has 1 aliphatic heterocycles. The van der Waals surface area contributed by atoms with Gasteiger partial charge in [0.05, 0.1) is 19.6 Å². The predicted molar refractivity (Wildman–Crippen MR) is 68.6 cm³/mol. The van der Waals surface area contributed by atoms with E-state index in [1.165, 1.54) is 7.11 Å². The lowest BCUT2D eigenvalue weighted by Gasteiger charge is -2.27. The van der Waals surface area contributed by atoms with E-state index in [1.54, 1.807) is 18.9 Å². The van der Waals surface area contributed by atoms with Crippen LogP contribution in [0.15, 0.2) is 0 Å². The lowest BCUT2D eigenvalue weighted by Crippen LogP contribution is -2.44. The lowest BCUT2D eigenvalue weighted by molar-refractivity contribution is -0.148. The van der Waals surface area contributed by atoms with Crippen LogP contribution in [0.25, 0.3) is 0 Å². The van der Waals surface area contributed by atoms with E-state index in [4.69, 9.17) is 9.47 Å². The Balaban J connectivity index is 2.59. The molecule has 1 amide bonds. The van der Waals surface area contributed by atoms with Crippen LogP contribution in [0.5, 0.6) is 0 Å². The van der Waals surface area contributed by atoms with Gasteiger partial charge >= 0.3 is 5.97 Å². The topological polar surface area (TPSA) is 65.1 Å². The Kier molecular flexibility index (Phi) is 6.80. The van der Waals surface area contributed by atoms with Crippen molar-refractivity contribution in [1.29, 1.82) is 0 Å². The van der Waals surface area contributed by atoms with Crippen LogP contribution in [-0.2, 0) is 23.8 Å². The number of hydrogen-bond donors (Lipinski definition) is 0. The molecule has 6 nitrogen and oxygen atoms in total. The highest BCUT2D eigenvalue weighted by atomic mass is 16.5. The zero-order chi connectivity index (χ0) is 14.3. The van der Waals surface area contributed by atoms with Gasteiger partial charge in [0.25, 0.3) is 5.91 Å². The Morgan fingerprint density at radius 1 is 1.42 bits per heavy atom. The molecule has 2 atom stereocenters. The molecule has 0 bridgehead atoms. The fraction of sp³-hybridized carbons (Fsp3) is 0.846. The number of methoxy groups -OCH3 is 2. The van der Waals surface area contributed by atoms with E-state index in [-0.39, 0.29) is 23.9 Å². The van der Waals surface area contributed by atoms with Gasteiger partial charge < -0.3 is 19.1 Å². The molecule has 0 aliphatic carbocycles. The minimum absolute atomic E-state index is 0.0645. The van der Waals surface area contributed by atoms with Gasteiger partial charge in [-0.15, -0.1) is 0 Å². The Hall–Kier alpha value is -1.14. The molecule has 1 heterocycles. The predicted octanol–water partition coefficient (Wildman–Crippen LogP) is 0.450. The molecule has 0 spiro atoms. The van der Waals surface area contributed by atoms with Crippen LogP contribution in [0.1, 0.15) is 19.8 Å². The number of carbonyl (C=O) groups is 2. The monoisotopic (exact) mass is 273 g/mol. The summed E-state index contributed by atoms with van der Waals surface area (Å²) in [6.07, 6.45) is 1.28. The lowest BCUT2D eigenvalue weighted by atomic mass is 10.1. The SMILES string of the molecule is COCCN(CC(C)C(=O)OC)C(=O)C1CCCO1. The van der Waals surface area contributed by atoms with Crippen molar-refractivity contribution >= 4 is 11.9 Å². The smallest absolute Gasteiger partial charge is 0.310 e. The van der Waals surface area contributed by atoms with Crippen molar-refractivity contribution in [3.05, 3.63) is 0 Å². The van der Waals surface area contributed by atoms with Gasteiger partial charge in [-0.1, -0.05) is 6.92 Å². The summed E-state index contributed by atoms with van der Waals surface area (Å²) in [7, 11) is 2.93. The molecule has 110 valence electrons. The maximum atomic E-state index is 12.3. The van der Waals surface area contributed by atoms with Crippen molar-refractivity contribution in [2.75, 3.05) is 40.5 Å². The minimum Gasteiger partial charge on any atom is -0.469 e. The van der Waals surface area contributed by atoms with Crippen LogP contribution < -0.4 is 0 Å². The summed E-state index contributed by atoms with van der Waals surface area (Å²) >= 11 is 0. The summed E-state index contributed by atoms with van der Waals surface area (Å²) < 4.78 is 15.1. The number of rotatable bonds is 7. The highest BCUT2D eigenvalue weighted by molar-refractivity contribution is 5.82. The molecule has 0 aromatic carbocycles. The number of nitrogens with zero attached hydrogens (tertiary/aromatic N) is 1. The van der Waals surface area contributed by atoms with E-state index < -0.39 is 0 Å². The molecule has 1 rings (SSSR count). The summed E-state index contributed by atoms with van der Waals surface area (Å²) in [4.78, 5) is 25.4. The second-order valence-electron chi connectivity index (χ2n) is 4.70. The molecular weight excluding hydrogens is 250 g/mol. The summed E-state index contributed by atoms with van der Waals surface area (Å²) in [5.41, 5.74) is 0. The zero-order valence-electron chi connectivity index (χ0n) is 11.9. The van der Waals surface area contributed by atoms with Crippen molar-refractivity contribution in [1.82, 2.24) is 4.90 Å². The highest BCUT2D eigenvalue weighted by Crippen LogP contribution is 2.16. The molecule has 1 saturated heterocycles. The first-order valence-electron chi connectivity index (χ1n) is 6.57. The van der Waals surface area contributed by atoms with Crippen molar-refractivity contribution < 1.29 is 23.8 Å². The minimum atomic E-state index is -0.373. The molecule has 0 N–H and O–H groups in total. The van der Waals surface area contributed by atoms with Crippen LogP contribution in [0.3, 0.4) is 0 Å². The normalized spacial score (nSPS) is 20.1. The van der Waals surface area contributed by atoms with Crippen molar-refractivity contribution in [3.63, 3.8) is 0 Å². The van der Waals surface area contributed by atoms with Gasteiger partial charge in [0, 0.05) is 26.8 Å². The van der Waals surface area contributed by atoms with E-state index in [9.17, 15) is 9.59 Å². The first-order chi connectivity index (χ1) is 9.10. The third kappa shape index (κ3) is 4.80. The summed E-state index contributed by atoms with van der Waals surface area (Å²) in [5.74, 6) is -0.736. The quantitative estimate of drug-likeness (QED) is 0.630. The van der Waals surface area contributed by atoms with E-state index in [1.807, 2.05) is 0 Å². The molecule has 1 aliphatic rings. The van der Waals surface area contributed by atoms with Crippen LogP contribution in [-0.4, -0.2) is 63.4 Å². The van der Waals surface area contributed by atoms with E-state index in [0.29, 0.717) is 26.3 Å². The third-order valence-electron chi connectivity index (χ3n) is 3.18. The van der Waals surface area contributed by atoms with Gasteiger partial charge in [-0.2, -0.15) is 0 Å².